The summed E-state index contributed by atoms with van der Waals surface area (Å²) in [6, 6.07) is 3.44. The van der Waals surface area contributed by atoms with Crippen LogP contribution in [0.15, 0.2) is 12.1 Å². The van der Waals surface area contributed by atoms with Crippen LogP contribution in [-0.4, -0.2) is 34.4 Å². The van der Waals surface area contributed by atoms with E-state index in [4.69, 9.17) is 0 Å². The predicted molar refractivity (Wildman–Crippen MR) is 61.3 cm³/mol. The van der Waals surface area contributed by atoms with E-state index < -0.39 is 18.2 Å². The van der Waals surface area contributed by atoms with Crippen molar-refractivity contribution in [1.82, 2.24) is 4.98 Å². The summed E-state index contributed by atoms with van der Waals surface area (Å²) in [7, 11) is 1.24. The third kappa shape index (κ3) is 3.51. The summed E-state index contributed by atoms with van der Waals surface area (Å²) < 4.78 is 4.43. The van der Waals surface area contributed by atoms with Gasteiger partial charge in [0.2, 0.25) is 0 Å². The van der Waals surface area contributed by atoms with Crippen LogP contribution < -0.4 is 0 Å². The largest absolute Gasteiger partial charge is 0.469 e. The molecule has 0 spiro atoms. The first kappa shape index (κ1) is 13.6. The maximum Gasteiger partial charge on any atom is 0.308 e. The summed E-state index contributed by atoms with van der Waals surface area (Å²) in [6.45, 7) is 3.59. The first-order chi connectivity index (χ1) is 7.95. The number of aromatic nitrogens is 1. The summed E-state index contributed by atoms with van der Waals surface area (Å²) in [5, 5.41) is 19.6. The van der Waals surface area contributed by atoms with Crippen molar-refractivity contribution in [1.29, 1.82) is 0 Å². The molecule has 0 saturated heterocycles. The fourth-order valence-electron chi connectivity index (χ4n) is 1.58. The fraction of sp³-hybridized carbons (Fsp3) is 0.500. The Bertz CT molecular complexity index is 405. The second-order valence-corrected chi connectivity index (χ2v) is 3.92. The van der Waals surface area contributed by atoms with E-state index in [9.17, 15) is 15.0 Å². The molecule has 1 aromatic rings. The Morgan fingerprint density at radius 3 is 2.59 bits per heavy atom. The molecule has 1 rings (SSSR count). The molecular formula is C12H17NO4. The van der Waals surface area contributed by atoms with Crippen molar-refractivity contribution in [2.75, 3.05) is 7.11 Å². The van der Waals surface area contributed by atoms with Crippen LogP contribution in [0.25, 0.3) is 0 Å². The fourth-order valence-corrected chi connectivity index (χ4v) is 1.58. The molecule has 0 saturated carbocycles. The summed E-state index contributed by atoms with van der Waals surface area (Å²) >= 11 is 0. The lowest BCUT2D eigenvalue weighted by Crippen LogP contribution is -2.23. The number of aliphatic hydroxyl groups excluding tert-OH is 2. The van der Waals surface area contributed by atoms with Crippen LogP contribution in [0.4, 0.5) is 0 Å². The van der Waals surface area contributed by atoms with Crippen LogP contribution in [0.3, 0.4) is 0 Å². The highest BCUT2D eigenvalue weighted by Crippen LogP contribution is 2.21. The minimum atomic E-state index is -1.19. The lowest BCUT2D eigenvalue weighted by molar-refractivity contribution is -0.144. The number of methoxy groups -OCH3 is 1. The highest BCUT2D eigenvalue weighted by atomic mass is 16.5. The first-order valence-electron chi connectivity index (χ1n) is 5.32. The molecule has 17 heavy (non-hydrogen) atoms. The van der Waals surface area contributed by atoms with Crippen LogP contribution in [-0.2, 0) is 9.53 Å². The third-order valence-corrected chi connectivity index (χ3v) is 2.55. The van der Waals surface area contributed by atoms with Crippen molar-refractivity contribution in [3.63, 3.8) is 0 Å². The second-order valence-electron chi connectivity index (χ2n) is 3.92. The normalized spacial score (nSPS) is 14.2. The van der Waals surface area contributed by atoms with Gasteiger partial charge in [0.15, 0.2) is 0 Å². The van der Waals surface area contributed by atoms with Gasteiger partial charge in [-0.2, -0.15) is 0 Å². The first-order valence-corrected chi connectivity index (χ1v) is 5.32. The van der Waals surface area contributed by atoms with Gasteiger partial charge in [-0.25, -0.2) is 0 Å². The molecule has 0 fully saturated rings. The summed E-state index contributed by atoms with van der Waals surface area (Å²) in [4.78, 5) is 15.2. The number of hydrogen-bond acceptors (Lipinski definition) is 5. The molecule has 5 heteroatoms. The van der Waals surface area contributed by atoms with Gasteiger partial charge in [-0.15, -0.1) is 0 Å². The zero-order valence-electron chi connectivity index (χ0n) is 10.2. The smallest absolute Gasteiger partial charge is 0.308 e. The Morgan fingerprint density at radius 2 is 2.06 bits per heavy atom. The molecule has 5 nitrogen and oxygen atoms in total. The number of ether oxygens (including phenoxy) is 1. The Morgan fingerprint density at radius 1 is 1.41 bits per heavy atom. The van der Waals surface area contributed by atoms with E-state index in [1.54, 1.807) is 19.1 Å². The quantitative estimate of drug-likeness (QED) is 0.754. The zero-order valence-corrected chi connectivity index (χ0v) is 10.2. The molecule has 0 amide bonds. The number of aryl methyl sites for hydroxylation is 2. The van der Waals surface area contributed by atoms with Crippen molar-refractivity contribution < 1.29 is 19.7 Å². The summed E-state index contributed by atoms with van der Waals surface area (Å²) in [6.07, 6.45) is -2.57. The van der Waals surface area contributed by atoms with Gasteiger partial charge in [0.25, 0.3) is 0 Å². The molecule has 1 aromatic heterocycles. The highest BCUT2D eigenvalue weighted by Gasteiger charge is 2.23. The van der Waals surface area contributed by atoms with Crippen LogP contribution in [0.5, 0.6) is 0 Å². The van der Waals surface area contributed by atoms with Crippen molar-refractivity contribution in [2.45, 2.75) is 32.5 Å². The van der Waals surface area contributed by atoms with E-state index >= 15 is 0 Å². The van der Waals surface area contributed by atoms with Crippen molar-refractivity contribution >= 4 is 5.97 Å². The van der Waals surface area contributed by atoms with E-state index in [-0.39, 0.29) is 6.42 Å². The van der Waals surface area contributed by atoms with Crippen LogP contribution in [0.1, 0.15) is 29.5 Å². The zero-order chi connectivity index (χ0) is 13.0. The molecule has 0 radical (unpaired) electrons. The lowest BCUT2D eigenvalue weighted by Gasteiger charge is -2.18. The van der Waals surface area contributed by atoms with E-state index in [2.05, 4.69) is 9.72 Å². The molecule has 0 aliphatic rings. The van der Waals surface area contributed by atoms with E-state index in [1.807, 2.05) is 6.92 Å². The Kier molecular flexibility index (Phi) is 4.60. The molecule has 0 aliphatic carbocycles. The molecule has 2 atom stereocenters. The van der Waals surface area contributed by atoms with Gasteiger partial charge in [0.1, 0.15) is 6.10 Å². The number of hydrogen-bond donors (Lipinski definition) is 2. The van der Waals surface area contributed by atoms with Gasteiger partial charge in [0.05, 0.1) is 19.6 Å². The molecule has 0 aliphatic heterocycles. The SMILES string of the molecule is COC(=O)CC(O)C(O)c1ccc(C)nc1C. The molecule has 0 aromatic carbocycles. The number of aliphatic hydroxyl groups is 2. The van der Waals surface area contributed by atoms with Crippen molar-refractivity contribution in [2.24, 2.45) is 0 Å². The molecule has 2 N–H and O–H groups in total. The van der Waals surface area contributed by atoms with Crippen LogP contribution in [0.2, 0.25) is 0 Å². The van der Waals surface area contributed by atoms with Gasteiger partial charge >= 0.3 is 5.97 Å². The topological polar surface area (TPSA) is 79.7 Å². The second kappa shape index (κ2) is 5.75. The Balaban J connectivity index is 2.81. The number of nitrogens with zero attached hydrogens (tertiary/aromatic N) is 1. The van der Waals surface area contributed by atoms with E-state index in [1.165, 1.54) is 7.11 Å². The van der Waals surface area contributed by atoms with Crippen LogP contribution in [0, 0.1) is 13.8 Å². The molecule has 2 unspecified atom stereocenters. The van der Waals surface area contributed by atoms with Gasteiger partial charge in [-0.1, -0.05) is 6.07 Å². The minimum absolute atomic E-state index is 0.245. The Hall–Kier alpha value is -1.46. The predicted octanol–water partition coefficient (Wildman–Crippen LogP) is 0.656. The van der Waals surface area contributed by atoms with Gasteiger partial charge in [-0.05, 0) is 19.9 Å². The standard InChI is InChI=1S/C12H17NO4/c1-7-4-5-9(8(2)13-7)12(16)10(14)6-11(15)17-3/h4-5,10,12,14,16H,6H2,1-3H3. The van der Waals surface area contributed by atoms with Gasteiger partial charge < -0.3 is 14.9 Å². The van der Waals surface area contributed by atoms with E-state index in [0.29, 0.717) is 11.3 Å². The van der Waals surface area contributed by atoms with E-state index in [0.717, 1.165) is 5.69 Å². The maximum atomic E-state index is 11.0. The minimum Gasteiger partial charge on any atom is -0.469 e. The highest BCUT2D eigenvalue weighted by molar-refractivity contribution is 5.69. The average Bonchev–Trinajstić information content (AvgIpc) is 2.28. The lowest BCUT2D eigenvalue weighted by atomic mass is 10.0. The number of carbonyl (C=O) groups is 1. The van der Waals surface area contributed by atoms with Gasteiger partial charge in [-0.3, -0.25) is 9.78 Å². The average molecular weight is 239 g/mol. The summed E-state index contributed by atoms with van der Waals surface area (Å²) in [5.74, 6) is -0.561. The number of rotatable bonds is 4. The molecule has 1 heterocycles. The Labute approximate surface area is 100 Å². The maximum absolute atomic E-state index is 11.0. The molecule has 94 valence electrons. The number of pyridine rings is 1. The molecule has 0 bridgehead atoms. The molecular weight excluding hydrogens is 222 g/mol. The van der Waals surface area contributed by atoms with Crippen LogP contribution >= 0.6 is 0 Å². The third-order valence-electron chi connectivity index (χ3n) is 2.55. The van der Waals surface area contributed by atoms with Crippen molar-refractivity contribution in [3.8, 4) is 0 Å². The monoisotopic (exact) mass is 239 g/mol. The number of esters is 1. The van der Waals surface area contributed by atoms with Crippen molar-refractivity contribution in [3.05, 3.63) is 29.1 Å². The van der Waals surface area contributed by atoms with Gasteiger partial charge in [0, 0.05) is 17.0 Å². The summed E-state index contributed by atoms with van der Waals surface area (Å²) in [5.41, 5.74) is 1.99. The number of carbonyl (C=O) groups excluding carboxylic acids is 1.